The zero-order valence-corrected chi connectivity index (χ0v) is 21.4. The summed E-state index contributed by atoms with van der Waals surface area (Å²) in [6.07, 6.45) is 1.54. The predicted octanol–water partition coefficient (Wildman–Crippen LogP) is 5.85. The van der Waals surface area contributed by atoms with Crippen LogP contribution in [0.4, 0.5) is 14.9 Å². The van der Waals surface area contributed by atoms with Crippen LogP contribution in [-0.4, -0.2) is 35.6 Å². The highest BCUT2D eigenvalue weighted by Crippen LogP contribution is 2.35. The van der Waals surface area contributed by atoms with Gasteiger partial charge in [-0.05, 0) is 78.0 Å². The van der Waals surface area contributed by atoms with E-state index in [4.69, 9.17) is 9.47 Å². The van der Waals surface area contributed by atoms with Crippen LogP contribution in [0.25, 0.3) is 6.08 Å². The summed E-state index contributed by atoms with van der Waals surface area (Å²) >= 11 is 4.14. The van der Waals surface area contributed by atoms with Crippen molar-refractivity contribution in [1.29, 1.82) is 0 Å². The second-order valence-electron chi connectivity index (χ2n) is 7.65. The van der Waals surface area contributed by atoms with E-state index in [1.807, 2.05) is 0 Å². The number of methoxy groups -OCH3 is 1. The standard InChI is InChI=1S/C26H20BrFN2O5S/c1-34-21-8-6-20(7-9-21)29-24(31)14-30-25(32)23(36-26(30)33)13-17-12-18(27)5-10-22(17)35-15-16-3-2-4-19(28)11-16/h2-13H,14-15H2,1H3,(H,29,31)/b23-13+. The van der Waals surface area contributed by atoms with E-state index in [1.165, 1.54) is 25.3 Å². The van der Waals surface area contributed by atoms with Gasteiger partial charge in [-0.2, -0.15) is 0 Å². The SMILES string of the molecule is COc1ccc(NC(=O)CN2C(=O)S/C(=C/c3cc(Br)ccc3OCc3cccc(F)c3)C2=O)cc1. The second kappa shape index (κ2) is 11.4. The molecule has 10 heteroatoms. The fourth-order valence-corrected chi connectivity index (χ4v) is 4.56. The van der Waals surface area contributed by atoms with E-state index in [1.54, 1.807) is 54.6 Å². The minimum Gasteiger partial charge on any atom is -0.497 e. The summed E-state index contributed by atoms with van der Waals surface area (Å²) in [5.74, 6) is -0.365. The summed E-state index contributed by atoms with van der Waals surface area (Å²) in [6.45, 7) is -0.303. The van der Waals surface area contributed by atoms with E-state index in [9.17, 15) is 18.8 Å². The third-order valence-electron chi connectivity index (χ3n) is 5.09. The van der Waals surface area contributed by atoms with Gasteiger partial charge in [0.15, 0.2) is 0 Å². The molecule has 0 saturated carbocycles. The van der Waals surface area contributed by atoms with Crippen LogP contribution in [-0.2, 0) is 16.2 Å². The largest absolute Gasteiger partial charge is 0.497 e. The fraction of sp³-hybridized carbons (Fsp3) is 0.115. The number of hydrogen-bond donors (Lipinski definition) is 1. The molecular formula is C26H20BrFN2O5S. The molecule has 0 spiro atoms. The van der Waals surface area contributed by atoms with Crippen molar-refractivity contribution in [3.63, 3.8) is 0 Å². The van der Waals surface area contributed by atoms with Crippen molar-refractivity contribution < 1.29 is 28.2 Å². The van der Waals surface area contributed by atoms with Gasteiger partial charge in [0.25, 0.3) is 11.1 Å². The molecule has 0 atom stereocenters. The topological polar surface area (TPSA) is 84.9 Å². The van der Waals surface area contributed by atoms with Crippen molar-refractivity contribution in [3.8, 4) is 11.5 Å². The Morgan fingerprint density at radius 2 is 1.89 bits per heavy atom. The summed E-state index contributed by atoms with van der Waals surface area (Å²) in [7, 11) is 1.54. The maximum atomic E-state index is 13.5. The lowest BCUT2D eigenvalue weighted by Crippen LogP contribution is -2.36. The van der Waals surface area contributed by atoms with E-state index in [2.05, 4.69) is 21.2 Å². The molecule has 3 amide bonds. The van der Waals surface area contributed by atoms with Crippen LogP contribution in [0.5, 0.6) is 11.5 Å². The first-order valence-corrected chi connectivity index (χ1v) is 12.3. The number of amides is 3. The average molecular weight is 571 g/mol. The number of anilines is 1. The normalized spacial score (nSPS) is 14.3. The molecule has 0 bridgehead atoms. The van der Waals surface area contributed by atoms with Crippen LogP contribution in [0.3, 0.4) is 0 Å². The average Bonchev–Trinajstić information content (AvgIpc) is 3.11. The Bertz CT molecular complexity index is 1350. The second-order valence-corrected chi connectivity index (χ2v) is 9.55. The van der Waals surface area contributed by atoms with Crippen LogP contribution in [0.15, 0.2) is 76.1 Å². The molecule has 1 fully saturated rings. The number of benzene rings is 3. The molecule has 0 aromatic heterocycles. The highest BCUT2D eigenvalue weighted by atomic mass is 79.9. The van der Waals surface area contributed by atoms with E-state index in [0.29, 0.717) is 28.3 Å². The van der Waals surface area contributed by atoms with Gasteiger partial charge in [-0.3, -0.25) is 19.3 Å². The molecule has 0 radical (unpaired) electrons. The number of carbonyl (C=O) groups excluding carboxylic acids is 3. The summed E-state index contributed by atoms with van der Waals surface area (Å²) < 4.78 is 25.2. The highest BCUT2D eigenvalue weighted by Gasteiger charge is 2.36. The third-order valence-corrected chi connectivity index (χ3v) is 6.49. The number of imide groups is 1. The van der Waals surface area contributed by atoms with Crippen LogP contribution < -0.4 is 14.8 Å². The van der Waals surface area contributed by atoms with Gasteiger partial charge in [0.2, 0.25) is 5.91 Å². The van der Waals surface area contributed by atoms with Crippen LogP contribution in [0, 0.1) is 5.82 Å². The Labute approximate surface area is 219 Å². The van der Waals surface area contributed by atoms with Crippen molar-refractivity contribution in [3.05, 3.63) is 93.1 Å². The van der Waals surface area contributed by atoms with Gasteiger partial charge < -0.3 is 14.8 Å². The summed E-state index contributed by atoms with van der Waals surface area (Å²) in [5.41, 5.74) is 1.71. The molecule has 1 N–H and O–H groups in total. The summed E-state index contributed by atoms with van der Waals surface area (Å²) in [4.78, 5) is 38.9. The number of nitrogens with one attached hydrogen (secondary N) is 1. The zero-order valence-electron chi connectivity index (χ0n) is 19.0. The smallest absolute Gasteiger partial charge is 0.294 e. The lowest BCUT2D eigenvalue weighted by molar-refractivity contribution is -0.127. The molecule has 184 valence electrons. The Kier molecular flexibility index (Phi) is 8.07. The minimum absolute atomic E-state index is 0.118. The first kappa shape index (κ1) is 25.5. The van der Waals surface area contributed by atoms with E-state index >= 15 is 0 Å². The number of halogens is 2. The van der Waals surface area contributed by atoms with Crippen LogP contribution in [0.1, 0.15) is 11.1 Å². The van der Waals surface area contributed by atoms with Gasteiger partial charge >= 0.3 is 0 Å². The molecule has 3 aromatic rings. The molecule has 36 heavy (non-hydrogen) atoms. The number of ether oxygens (including phenoxy) is 2. The molecule has 7 nitrogen and oxygen atoms in total. The number of nitrogens with zero attached hydrogens (tertiary/aromatic N) is 1. The van der Waals surface area contributed by atoms with E-state index in [-0.39, 0.29) is 17.3 Å². The Morgan fingerprint density at radius 3 is 2.61 bits per heavy atom. The zero-order chi connectivity index (χ0) is 25.7. The van der Waals surface area contributed by atoms with Crippen molar-refractivity contribution in [2.24, 2.45) is 0 Å². The van der Waals surface area contributed by atoms with Gasteiger partial charge in [-0.15, -0.1) is 0 Å². The van der Waals surface area contributed by atoms with Gasteiger partial charge in [0.1, 0.15) is 30.5 Å². The van der Waals surface area contributed by atoms with E-state index < -0.39 is 23.6 Å². The molecule has 1 aliphatic heterocycles. The number of thioether (sulfide) groups is 1. The molecular weight excluding hydrogens is 551 g/mol. The van der Waals surface area contributed by atoms with Gasteiger partial charge in [-0.25, -0.2) is 4.39 Å². The van der Waals surface area contributed by atoms with Gasteiger partial charge in [-0.1, -0.05) is 28.1 Å². The number of carbonyl (C=O) groups is 3. The molecule has 1 heterocycles. The van der Waals surface area contributed by atoms with Gasteiger partial charge in [0, 0.05) is 15.7 Å². The van der Waals surface area contributed by atoms with Crippen LogP contribution in [0.2, 0.25) is 0 Å². The number of rotatable bonds is 8. The monoisotopic (exact) mass is 570 g/mol. The minimum atomic E-state index is -0.578. The van der Waals surface area contributed by atoms with Crippen molar-refractivity contribution in [1.82, 2.24) is 4.90 Å². The quantitative estimate of drug-likeness (QED) is 0.342. The highest BCUT2D eigenvalue weighted by molar-refractivity contribution is 9.10. The molecule has 0 unspecified atom stereocenters. The lowest BCUT2D eigenvalue weighted by atomic mass is 10.1. The maximum absolute atomic E-state index is 13.5. The molecule has 1 saturated heterocycles. The first-order chi connectivity index (χ1) is 17.3. The van der Waals surface area contributed by atoms with Crippen molar-refractivity contribution >= 4 is 56.5 Å². The Morgan fingerprint density at radius 1 is 1.11 bits per heavy atom. The predicted molar refractivity (Wildman–Crippen MR) is 139 cm³/mol. The first-order valence-electron chi connectivity index (χ1n) is 10.7. The van der Waals surface area contributed by atoms with Crippen molar-refractivity contribution in [2.75, 3.05) is 19.0 Å². The molecule has 1 aliphatic rings. The Balaban J connectivity index is 1.46. The maximum Gasteiger partial charge on any atom is 0.294 e. The van der Waals surface area contributed by atoms with Gasteiger partial charge in [0.05, 0.1) is 12.0 Å². The lowest BCUT2D eigenvalue weighted by Gasteiger charge is -2.13. The third kappa shape index (κ3) is 6.32. The summed E-state index contributed by atoms with van der Waals surface area (Å²) in [5, 5.41) is 2.11. The Hall–Kier alpha value is -3.63. The van der Waals surface area contributed by atoms with Crippen molar-refractivity contribution in [2.45, 2.75) is 6.61 Å². The fourth-order valence-electron chi connectivity index (χ4n) is 3.35. The molecule has 4 rings (SSSR count). The van der Waals surface area contributed by atoms with E-state index in [0.717, 1.165) is 21.1 Å². The summed E-state index contributed by atoms with van der Waals surface area (Å²) in [6, 6.07) is 18.0. The molecule has 3 aromatic carbocycles. The molecule has 0 aliphatic carbocycles. The van der Waals surface area contributed by atoms with Crippen LogP contribution >= 0.6 is 27.7 Å². The number of hydrogen-bond acceptors (Lipinski definition) is 6.